The molecule has 1 aromatic rings. The highest BCUT2D eigenvalue weighted by molar-refractivity contribution is 5.93. The molecule has 0 radical (unpaired) electrons. The third-order valence-corrected chi connectivity index (χ3v) is 3.53. The summed E-state index contributed by atoms with van der Waals surface area (Å²) < 4.78 is 0. The average molecular weight is 248 g/mol. The lowest BCUT2D eigenvalue weighted by Gasteiger charge is -2.28. The number of carbonyl (C=O) groups excluding carboxylic acids is 1. The Labute approximate surface area is 108 Å². The van der Waals surface area contributed by atoms with E-state index in [0.29, 0.717) is 12.1 Å². The molecule has 1 fully saturated rings. The van der Waals surface area contributed by atoms with Gasteiger partial charge in [-0.25, -0.2) is 0 Å². The first kappa shape index (κ1) is 13.0. The molecule has 4 heteroatoms. The second-order valence-corrected chi connectivity index (χ2v) is 5.34. The number of aryl methyl sites for hydroxylation is 1. The van der Waals surface area contributed by atoms with Crippen molar-refractivity contribution >= 4 is 5.91 Å². The minimum Gasteiger partial charge on any atom is -0.388 e. The third kappa shape index (κ3) is 2.88. The standard InChI is InChI=1S/C14H20N2O2/c1-11-7-12(9-15-8-11)13(17)16(2)10-14(18)5-3-4-6-14/h7-9,18H,3-6,10H2,1-2H3. The molecule has 2 rings (SSSR count). The maximum absolute atomic E-state index is 12.2. The molecule has 4 nitrogen and oxygen atoms in total. The van der Waals surface area contributed by atoms with Crippen LogP contribution in [0.15, 0.2) is 18.5 Å². The molecule has 1 aliphatic rings. The van der Waals surface area contributed by atoms with Gasteiger partial charge < -0.3 is 10.0 Å². The first-order chi connectivity index (χ1) is 8.50. The zero-order valence-corrected chi connectivity index (χ0v) is 11.0. The first-order valence-electron chi connectivity index (χ1n) is 6.40. The van der Waals surface area contributed by atoms with Gasteiger partial charge in [-0.3, -0.25) is 9.78 Å². The smallest absolute Gasteiger partial charge is 0.255 e. The fraction of sp³-hybridized carbons (Fsp3) is 0.571. The van der Waals surface area contributed by atoms with E-state index in [2.05, 4.69) is 4.98 Å². The Bertz CT molecular complexity index is 439. The average Bonchev–Trinajstić information content (AvgIpc) is 2.74. The summed E-state index contributed by atoms with van der Waals surface area (Å²) in [4.78, 5) is 17.8. The van der Waals surface area contributed by atoms with Gasteiger partial charge in [0.05, 0.1) is 11.2 Å². The molecule has 1 aliphatic carbocycles. The number of hydrogen-bond acceptors (Lipinski definition) is 3. The number of nitrogens with zero attached hydrogens (tertiary/aromatic N) is 2. The van der Waals surface area contributed by atoms with Crippen LogP contribution in [-0.4, -0.2) is 40.1 Å². The number of aliphatic hydroxyl groups is 1. The van der Waals surface area contributed by atoms with Crippen LogP contribution in [0, 0.1) is 6.92 Å². The molecule has 0 bridgehead atoms. The molecule has 0 saturated heterocycles. The van der Waals surface area contributed by atoms with Gasteiger partial charge in [-0.1, -0.05) is 12.8 Å². The number of pyridine rings is 1. The van der Waals surface area contributed by atoms with Crippen LogP contribution in [0.25, 0.3) is 0 Å². The number of rotatable bonds is 3. The van der Waals surface area contributed by atoms with E-state index in [4.69, 9.17) is 0 Å². The molecular weight excluding hydrogens is 228 g/mol. The van der Waals surface area contributed by atoms with Gasteiger partial charge in [-0.2, -0.15) is 0 Å². The summed E-state index contributed by atoms with van der Waals surface area (Å²) in [6.07, 6.45) is 6.97. The number of hydrogen-bond donors (Lipinski definition) is 1. The highest BCUT2D eigenvalue weighted by atomic mass is 16.3. The number of aromatic nitrogens is 1. The molecular formula is C14H20N2O2. The van der Waals surface area contributed by atoms with Crippen molar-refractivity contribution < 1.29 is 9.90 Å². The van der Waals surface area contributed by atoms with Crippen LogP contribution >= 0.6 is 0 Å². The largest absolute Gasteiger partial charge is 0.388 e. The Morgan fingerprint density at radius 3 is 2.72 bits per heavy atom. The van der Waals surface area contributed by atoms with Gasteiger partial charge in [0.1, 0.15) is 0 Å². The predicted molar refractivity (Wildman–Crippen MR) is 69.4 cm³/mol. The Kier molecular flexibility index (Phi) is 3.66. The highest BCUT2D eigenvalue weighted by Crippen LogP contribution is 2.30. The van der Waals surface area contributed by atoms with Crippen LogP contribution in [0.3, 0.4) is 0 Å². The highest BCUT2D eigenvalue weighted by Gasteiger charge is 2.33. The summed E-state index contributed by atoms with van der Waals surface area (Å²) in [5, 5.41) is 10.3. The van der Waals surface area contributed by atoms with Crippen molar-refractivity contribution in [3.8, 4) is 0 Å². The second kappa shape index (κ2) is 5.06. The minimum absolute atomic E-state index is 0.0773. The van der Waals surface area contributed by atoms with Crippen molar-refractivity contribution in [1.82, 2.24) is 9.88 Å². The van der Waals surface area contributed by atoms with Crippen LogP contribution in [0.2, 0.25) is 0 Å². The van der Waals surface area contributed by atoms with Crippen LogP contribution in [0.1, 0.15) is 41.6 Å². The van der Waals surface area contributed by atoms with E-state index in [1.54, 1.807) is 24.3 Å². The SMILES string of the molecule is Cc1cncc(C(=O)N(C)CC2(O)CCCC2)c1. The molecule has 0 aromatic carbocycles. The molecule has 1 heterocycles. The third-order valence-electron chi connectivity index (χ3n) is 3.53. The first-order valence-corrected chi connectivity index (χ1v) is 6.40. The molecule has 0 aliphatic heterocycles. The van der Waals surface area contributed by atoms with Crippen LogP contribution in [0.5, 0.6) is 0 Å². The van der Waals surface area contributed by atoms with Crippen molar-refractivity contribution in [2.75, 3.05) is 13.6 Å². The normalized spacial score (nSPS) is 17.7. The van der Waals surface area contributed by atoms with Gasteiger partial charge in [-0.15, -0.1) is 0 Å². The fourth-order valence-electron chi connectivity index (χ4n) is 2.60. The van der Waals surface area contributed by atoms with Crippen molar-refractivity contribution in [3.05, 3.63) is 29.6 Å². The van der Waals surface area contributed by atoms with Crippen LogP contribution in [0.4, 0.5) is 0 Å². The van der Waals surface area contributed by atoms with E-state index in [9.17, 15) is 9.90 Å². The maximum Gasteiger partial charge on any atom is 0.255 e. The van der Waals surface area contributed by atoms with E-state index in [1.807, 2.05) is 13.0 Å². The minimum atomic E-state index is -0.693. The summed E-state index contributed by atoms with van der Waals surface area (Å²) in [5.41, 5.74) is 0.856. The molecule has 1 aromatic heterocycles. The Balaban J connectivity index is 2.04. The van der Waals surface area contributed by atoms with Gasteiger partial charge in [0, 0.05) is 26.0 Å². The van der Waals surface area contributed by atoms with Gasteiger partial charge in [0.2, 0.25) is 0 Å². The zero-order chi connectivity index (χ0) is 13.2. The Morgan fingerprint density at radius 2 is 2.11 bits per heavy atom. The monoisotopic (exact) mass is 248 g/mol. The van der Waals surface area contributed by atoms with Crippen molar-refractivity contribution in [1.29, 1.82) is 0 Å². The molecule has 0 atom stereocenters. The van der Waals surface area contributed by atoms with Gasteiger partial charge >= 0.3 is 0 Å². The van der Waals surface area contributed by atoms with E-state index < -0.39 is 5.60 Å². The van der Waals surface area contributed by atoms with E-state index in [-0.39, 0.29) is 5.91 Å². The summed E-state index contributed by atoms with van der Waals surface area (Å²) in [6.45, 7) is 2.31. The van der Waals surface area contributed by atoms with Crippen molar-refractivity contribution in [3.63, 3.8) is 0 Å². The summed E-state index contributed by atoms with van der Waals surface area (Å²) >= 11 is 0. The van der Waals surface area contributed by atoms with E-state index >= 15 is 0 Å². The number of amides is 1. The lowest BCUT2D eigenvalue weighted by molar-refractivity contribution is 0.0156. The van der Waals surface area contributed by atoms with Crippen molar-refractivity contribution in [2.24, 2.45) is 0 Å². The fourth-order valence-corrected chi connectivity index (χ4v) is 2.60. The number of likely N-dealkylation sites (N-methyl/N-ethyl adjacent to an activating group) is 1. The van der Waals surface area contributed by atoms with Crippen molar-refractivity contribution in [2.45, 2.75) is 38.2 Å². The molecule has 1 amide bonds. The zero-order valence-electron chi connectivity index (χ0n) is 11.0. The second-order valence-electron chi connectivity index (χ2n) is 5.34. The summed E-state index contributed by atoms with van der Waals surface area (Å²) in [5.74, 6) is -0.0773. The topological polar surface area (TPSA) is 53.4 Å². The van der Waals surface area contributed by atoms with Crippen LogP contribution in [-0.2, 0) is 0 Å². The van der Waals surface area contributed by atoms with Crippen LogP contribution < -0.4 is 0 Å². The van der Waals surface area contributed by atoms with Gasteiger partial charge in [0.25, 0.3) is 5.91 Å². The lowest BCUT2D eigenvalue weighted by Crippen LogP contribution is -2.42. The molecule has 1 saturated carbocycles. The molecule has 18 heavy (non-hydrogen) atoms. The van der Waals surface area contributed by atoms with E-state index in [0.717, 1.165) is 31.2 Å². The molecule has 0 unspecified atom stereocenters. The Morgan fingerprint density at radius 1 is 1.44 bits per heavy atom. The molecule has 0 spiro atoms. The van der Waals surface area contributed by atoms with E-state index in [1.165, 1.54) is 0 Å². The van der Waals surface area contributed by atoms with Gasteiger partial charge in [0.15, 0.2) is 0 Å². The molecule has 1 N–H and O–H groups in total. The quantitative estimate of drug-likeness (QED) is 0.887. The lowest BCUT2D eigenvalue weighted by atomic mass is 10.0. The van der Waals surface area contributed by atoms with Gasteiger partial charge in [-0.05, 0) is 31.4 Å². The molecule has 98 valence electrons. The summed E-state index contributed by atoms with van der Waals surface area (Å²) in [7, 11) is 1.74. The predicted octanol–water partition coefficient (Wildman–Crippen LogP) is 1.77. The summed E-state index contributed by atoms with van der Waals surface area (Å²) in [6, 6.07) is 1.82. The number of carbonyl (C=O) groups is 1. The Hall–Kier alpha value is -1.42. The maximum atomic E-state index is 12.2.